The Morgan fingerprint density at radius 3 is 2.90 bits per heavy atom. The first-order valence-corrected chi connectivity index (χ1v) is 6.92. The van der Waals surface area contributed by atoms with Crippen LogP contribution in [0.4, 0.5) is 5.69 Å². The Morgan fingerprint density at radius 2 is 2.19 bits per heavy atom. The van der Waals surface area contributed by atoms with E-state index in [4.69, 9.17) is 26.5 Å². The third-order valence-electron chi connectivity index (χ3n) is 2.90. The molecule has 6 heteroatoms. The molecular weight excluding hydrogens is 292 g/mol. The lowest BCUT2D eigenvalue weighted by molar-refractivity contribution is 0.0922. The predicted molar refractivity (Wildman–Crippen MR) is 82.4 cm³/mol. The number of nitrogen functional groups attached to an aromatic ring is 1. The number of nitrogens with two attached hydrogens (primary N) is 1. The second-order valence-electron chi connectivity index (χ2n) is 4.51. The van der Waals surface area contributed by atoms with E-state index in [1.54, 1.807) is 37.4 Å². The third-order valence-corrected chi connectivity index (χ3v) is 3.21. The number of benzene rings is 1. The molecule has 1 amide bonds. The van der Waals surface area contributed by atoms with Crippen LogP contribution in [0.5, 0.6) is 0 Å². The first-order valence-electron chi connectivity index (χ1n) is 6.54. The molecule has 3 N–H and O–H groups in total. The number of halogens is 1. The van der Waals surface area contributed by atoms with Crippen LogP contribution >= 0.6 is 11.6 Å². The van der Waals surface area contributed by atoms with Crippen molar-refractivity contribution in [1.29, 1.82) is 0 Å². The lowest BCUT2D eigenvalue weighted by Crippen LogP contribution is -2.24. The summed E-state index contributed by atoms with van der Waals surface area (Å²) >= 11 is 6.12. The highest BCUT2D eigenvalue weighted by Crippen LogP contribution is 2.30. The van der Waals surface area contributed by atoms with E-state index in [2.05, 4.69) is 5.32 Å². The second kappa shape index (κ2) is 7.15. The van der Waals surface area contributed by atoms with Crippen molar-refractivity contribution in [2.24, 2.45) is 0 Å². The van der Waals surface area contributed by atoms with Crippen molar-refractivity contribution in [2.75, 3.05) is 26.0 Å². The summed E-state index contributed by atoms with van der Waals surface area (Å²) in [6.07, 6.45) is 0.750. The molecule has 0 saturated heterocycles. The molecule has 21 heavy (non-hydrogen) atoms. The zero-order valence-electron chi connectivity index (χ0n) is 11.7. The molecule has 0 radical (unpaired) electrons. The summed E-state index contributed by atoms with van der Waals surface area (Å²) in [6.45, 7) is 1.13. The zero-order chi connectivity index (χ0) is 15.2. The second-order valence-corrected chi connectivity index (χ2v) is 4.91. The molecule has 0 unspecified atom stereocenters. The average molecular weight is 309 g/mol. The fourth-order valence-corrected chi connectivity index (χ4v) is 2.12. The summed E-state index contributed by atoms with van der Waals surface area (Å²) in [5.74, 6) is 0.515. The average Bonchev–Trinajstić information content (AvgIpc) is 2.93. The predicted octanol–water partition coefficient (Wildman–Crippen LogP) is 2.95. The minimum absolute atomic E-state index is 0.246. The van der Waals surface area contributed by atoms with E-state index in [-0.39, 0.29) is 11.7 Å². The SMILES string of the molecule is COCCCNC(=O)c1ccc(-c2ccc(N)cc2Cl)o1. The maximum absolute atomic E-state index is 11.9. The van der Waals surface area contributed by atoms with Crippen LogP contribution in [0.25, 0.3) is 11.3 Å². The van der Waals surface area contributed by atoms with Gasteiger partial charge in [-0.15, -0.1) is 0 Å². The number of furan rings is 1. The Morgan fingerprint density at radius 1 is 1.38 bits per heavy atom. The molecule has 0 saturated carbocycles. The number of nitrogens with one attached hydrogen (secondary N) is 1. The maximum atomic E-state index is 11.9. The maximum Gasteiger partial charge on any atom is 0.287 e. The van der Waals surface area contributed by atoms with E-state index in [9.17, 15) is 4.79 Å². The molecule has 2 rings (SSSR count). The minimum atomic E-state index is -0.260. The molecule has 1 aromatic heterocycles. The molecule has 112 valence electrons. The number of ether oxygens (including phenoxy) is 1. The monoisotopic (exact) mass is 308 g/mol. The van der Waals surface area contributed by atoms with Crippen LogP contribution in [0.3, 0.4) is 0 Å². The molecule has 5 nitrogen and oxygen atoms in total. The van der Waals surface area contributed by atoms with E-state index in [0.29, 0.717) is 35.2 Å². The van der Waals surface area contributed by atoms with E-state index >= 15 is 0 Å². The summed E-state index contributed by atoms with van der Waals surface area (Å²) in [7, 11) is 1.62. The smallest absolute Gasteiger partial charge is 0.287 e. The van der Waals surface area contributed by atoms with Gasteiger partial charge in [-0.3, -0.25) is 4.79 Å². The van der Waals surface area contributed by atoms with Crippen molar-refractivity contribution in [1.82, 2.24) is 5.32 Å². The number of carbonyl (C=O) groups is 1. The Balaban J connectivity index is 2.05. The summed E-state index contributed by atoms with van der Waals surface area (Å²) < 4.78 is 10.5. The highest BCUT2D eigenvalue weighted by Gasteiger charge is 2.13. The van der Waals surface area contributed by atoms with Crippen molar-refractivity contribution >= 4 is 23.2 Å². The Kier molecular flexibility index (Phi) is 5.25. The topological polar surface area (TPSA) is 77.5 Å². The van der Waals surface area contributed by atoms with Gasteiger partial charge < -0.3 is 20.2 Å². The van der Waals surface area contributed by atoms with Gasteiger partial charge in [-0.1, -0.05) is 11.6 Å². The molecule has 2 aromatic rings. The molecule has 0 aliphatic heterocycles. The molecule has 0 aliphatic carbocycles. The standard InChI is InChI=1S/C15H17ClN2O3/c1-20-8-2-7-18-15(19)14-6-5-13(21-14)11-4-3-10(17)9-12(11)16/h3-6,9H,2,7-8,17H2,1H3,(H,18,19). The van der Waals surface area contributed by atoms with Crippen LogP contribution in [-0.2, 0) is 4.74 Å². The largest absolute Gasteiger partial charge is 0.451 e. The molecule has 0 bridgehead atoms. The molecule has 1 heterocycles. The lowest BCUT2D eigenvalue weighted by Gasteiger charge is -2.03. The summed E-state index contributed by atoms with van der Waals surface area (Å²) in [4.78, 5) is 11.9. The van der Waals surface area contributed by atoms with Crippen LogP contribution in [0.2, 0.25) is 5.02 Å². The van der Waals surface area contributed by atoms with E-state index < -0.39 is 0 Å². The van der Waals surface area contributed by atoms with Crippen LogP contribution in [0.15, 0.2) is 34.7 Å². The van der Waals surface area contributed by atoms with Gasteiger partial charge in [0.1, 0.15) is 5.76 Å². The highest BCUT2D eigenvalue weighted by molar-refractivity contribution is 6.33. The summed E-state index contributed by atoms with van der Waals surface area (Å²) in [6, 6.07) is 8.46. The highest BCUT2D eigenvalue weighted by atomic mass is 35.5. The fourth-order valence-electron chi connectivity index (χ4n) is 1.84. The normalized spacial score (nSPS) is 10.6. The number of amides is 1. The number of rotatable bonds is 6. The summed E-state index contributed by atoms with van der Waals surface area (Å²) in [5.41, 5.74) is 6.92. The number of carbonyl (C=O) groups excluding carboxylic acids is 1. The summed E-state index contributed by atoms with van der Waals surface area (Å²) in [5, 5.41) is 3.24. The first kappa shape index (κ1) is 15.4. The molecule has 1 aromatic carbocycles. The molecule has 0 atom stereocenters. The first-order chi connectivity index (χ1) is 10.1. The van der Waals surface area contributed by atoms with Gasteiger partial charge in [0, 0.05) is 31.5 Å². The van der Waals surface area contributed by atoms with Gasteiger partial charge in [0.15, 0.2) is 5.76 Å². The zero-order valence-corrected chi connectivity index (χ0v) is 12.4. The quantitative estimate of drug-likeness (QED) is 0.635. The van der Waals surface area contributed by atoms with E-state index in [1.807, 2.05) is 0 Å². The molecule has 0 aliphatic rings. The Bertz CT molecular complexity index is 625. The number of hydrogen-bond donors (Lipinski definition) is 2. The van der Waals surface area contributed by atoms with Gasteiger partial charge in [0.05, 0.1) is 5.02 Å². The third kappa shape index (κ3) is 4.00. The lowest BCUT2D eigenvalue weighted by atomic mass is 10.1. The Hall–Kier alpha value is -1.98. The van der Waals surface area contributed by atoms with Crippen molar-refractivity contribution in [3.8, 4) is 11.3 Å². The van der Waals surface area contributed by atoms with Crippen LogP contribution in [0, 0.1) is 0 Å². The van der Waals surface area contributed by atoms with Crippen LogP contribution in [-0.4, -0.2) is 26.2 Å². The van der Waals surface area contributed by atoms with Gasteiger partial charge in [-0.2, -0.15) is 0 Å². The number of hydrogen-bond acceptors (Lipinski definition) is 4. The van der Waals surface area contributed by atoms with Gasteiger partial charge in [0.2, 0.25) is 0 Å². The van der Waals surface area contributed by atoms with Crippen molar-refractivity contribution in [3.05, 3.63) is 41.1 Å². The van der Waals surface area contributed by atoms with Crippen molar-refractivity contribution < 1.29 is 13.9 Å². The van der Waals surface area contributed by atoms with Crippen LogP contribution in [0.1, 0.15) is 17.0 Å². The van der Waals surface area contributed by atoms with Gasteiger partial charge in [-0.25, -0.2) is 0 Å². The number of anilines is 1. The fraction of sp³-hybridized carbons (Fsp3) is 0.267. The van der Waals surface area contributed by atoms with Gasteiger partial charge in [-0.05, 0) is 36.8 Å². The Labute approximate surface area is 128 Å². The number of methoxy groups -OCH3 is 1. The molecule has 0 fully saturated rings. The van der Waals surface area contributed by atoms with Crippen LogP contribution < -0.4 is 11.1 Å². The van der Waals surface area contributed by atoms with Crippen molar-refractivity contribution in [3.63, 3.8) is 0 Å². The van der Waals surface area contributed by atoms with Gasteiger partial charge in [0.25, 0.3) is 5.91 Å². The van der Waals surface area contributed by atoms with E-state index in [1.165, 1.54) is 0 Å². The molecular formula is C15H17ClN2O3. The molecule has 0 spiro atoms. The van der Waals surface area contributed by atoms with Crippen molar-refractivity contribution in [2.45, 2.75) is 6.42 Å². The van der Waals surface area contributed by atoms with E-state index in [0.717, 1.165) is 6.42 Å². The minimum Gasteiger partial charge on any atom is -0.451 e. The van der Waals surface area contributed by atoms with Gasteiger partial charge >= 0.3 is 0 Å².